The molecule has 0 aliphatic heterocycles. The van der Waals surface area contributed by atoms with Gasteiger partial charge in [0.2, 0.25) is 0 Å². The van der Waals surface area contributed by atoms with Gasteiger partial charge in [-0.15, -0.1) is 0 Å². The van der Waals surface area contributed by atoms with Crippen molar-refractivity contribution < 1.29 is 23.8 Å². The van der Waals surface area contributed by atoms with E-state index in [0.29, 0.717) is 26.1 Å². The van der Waals surface area contributed by atoms with Crippen LogP contribution in [0.2, 0.25) is 0 Å². The normalized spacial score (nSPS) is 21.2. The summed E-state index contributed by atoms with van der Waals surface area (Å²) in [5.74, 6) is -1.30. The second-order valence-corrected chi connectivity index (χ2v) is 5.85. The average Bonchev–Trinajstić information content (AvgIpc) is 2.58. The molecule has 0 aromatic heterocycles. The fourth-order valence-electron chi connectivity index (χ4n) is 2.95. The largest absolute Gasteiger partial charge is 0.464 e. The number of likely N-dealkylation sites (N-methyl/N-ethyl adjacent to an activating group) is 1. The maximum Gasteiger partial charge on any atom is 0.309 e. The van der Waals surface area contributed by atoms with Crippen molar-refractivity contribution in [3.8, 4) is 0 Å². The number of carbonyl (C=O) groups excluding carboxylic acids is 2. The van der Waals surface area contributed by atoms with Crippen LogP contribution < -0.4 is 0 Å². The van der Waals surface area contributed by atoms with Crippen LogP contribution >= 0.6 is 0 Å². The molecule has 0 aromatic rings. The molecule has 1 aliphatic rings. The Bertz CT molecular complexity index is 357. The number of hydrogen-bond acceptors (Lipinski definition) is 6. The van der Waals surface area contributed by atoms with E-state index in [-0.39, 0.29) is 30.4 Å². The van der Waals surface area contributed by atoms with Gasteiger partial charge in [-0.2, -0.15) is 0 Å². The molecule has 0 aromatic carbocycles. The summed E-state index contributed by atoms with van der Waals surface area (Å²) in [6, 6.07) is 0. The summed E-state index contributed by atoms with van der Waals surface area (Å²) in [5, 5.41) is 0. The Balaban J connectivity index is 2.46. The van der Waals surface area contributed by atoms with Crippen molar-refractivity contribution in [3.63, 3.8) is 0 Å². The number of carbonyl (C=O) groups is 2. The van der Waals surface area contributed by atoms with Crippen molar-refractivity contribution in [3.05, 3.63) is 0 Å². The Morgan fingerprint density at radius 3 is 1.91 bits per heavy atom. The van der Waals surface area contributed by atoms with Gasteiger partial charge in [-0.1, -0.05) is 26.7 Å². The molecule has 6 heteroatoms. The first-order chi connectivity index (χ1) is 11.1. The first-order valence-corrected chi connectivity index (χ1v) is 8.68. The topological polar surface area (TPSA) is 65.1 Å². The minimum Gasteiger partial charge on any atom is -0.464 e. The predicted molar refractivity (Wildman–Crippen MR) is 87.0 cm³/mol. The molecule has 1 fully saturated rings. The third kappa shape index (κ3) is 6.87. The van der Waals surface area contributed by atoms with Crippen molar-refractivity contribution in [2.24, 2.45) is 11.8 Å². The molecule has 0 spiro atoms. The minimum atomic E-state index is -0.374. The van der Waals surface area contributed by atoms with Gasteiger partial charge < -0.3 is 19.1 Å². The molecular weight excluding hydrogens is 298 g/mol. The molecule has 1 saturated carbocycles. The van der Waals surface area contributed by atoms with Crippen LogP contribution in [0.25, 0.3) is 0 Å². The summed E-state index contributed by atoms with van der Waals surface area (Å²) in [6.07, 6.45) is 3.31. The van der Waals surface area contributed by atoms with E-state index in [1.807, 2.05) is 0 Å². The lowest BCUT2D eigenvalue weighted by molar-refractivity contribution is -0.163. The van der Waals surface area contributed by atoms with Crippen LogP contribution in [-0.2, 0) is 23.8 Å². The molecular formula is C17H31NO5. The summed E-state index contributed by atoms with van der Waals surface area (Å²) in [4.78, 5) is 26.7. The van der Waals surface area contributed by atoms with E-state index in [1.165, 1.54) is 0 Å². The summed E-state index contributed by atoms with van der Waals surface area (Å²) in [5.41, 5.74) is 0. The fourth-order valence-corrected chi connectivity index (χ4v) is 2.95. The fraction of sp³-hybridized carbons (Fsp3) is 0.882. The molecule has 0 bridgehead atoms. The van der Waals surface area contributed by atoms with E-state index in [4.69, 9.17) is 14.2 Å². The van der Waals surface area contributed by atoms with Gasteiger partial charge in [-0.05, 0) is 25.9 Å². The highest BCUT2D eigenvalue weighted by Crippen LogP contribution is 2.32. The summed E-state index contributed by atoms with van der Waals surface area (Å²) >= 11 is 0. The zero-order chi connectivity index (χ0) is 17.1. The molecule has 2 atom stereocenters. The smallest absolute Gasteiger partial charge is 0.309 e. The maximum atomic E-state index is 12.3. The van der Waals surface area contributed by atoms with Crippen LogP contribution in [0.5, 0.6) is 0 Å². The number of ether oxygens (including phenoxy) is 3. The van der Waals surface area contributed by atoms with Crippen molar-refractivity contribution >= 4 is 11.9 Å². The highest BCUT2D eigenvalue weighted by atomic mass is 16.6. The lowest BCUT2D eigenvalue weighted by atomic mass is 9.79. The third-order valence-electron chi connectivity index (χ3n) is 4.45. The number of esters is 2. The zero-order valence-corrected chi connectivity index (χ0v) is 14.7. The van der Waals surface area contributed by atoms with Gasteiger partial charge >= 0.3 is 11.9 Å². The van der Waals surface area contributed by atoms with E-state index < -0.39 is 0 Å². The number of nitrogens with zero attached hydrogens (tertiary/aromatic N) is 1. The first kappa shape index (κ1) is 19.9. The van der Waals surface area contributed by atoms with Crippen molar-refractivity contribution in [1.82, 2.24) is 4.90 Å². The molecule has 134 valence electrons. The molecule has 1 rings (SSSR count). The molecule has 0 radical (unpaired) electrons. The molecule has 6 nitrogen and oxygen atoms in total. The molecule has 23 heavy (non-hydrogen) atoms. The molecule has 0 heterocycles. The van der Waals surface area contributed by atoms with Crippen molar-refractivity contribution in [2.75, 3.05) is 46.6 Å². The van der Waals surface area contributed by atoms with Crippen molar-refractivity contribution in [2.45, 2.75) is 39.5 Å². The van der Waals surface area contributed by atoms with Crippen LogP contribution in [-0.4, -0.2) is 63.4 Å². The van der Waals surface area contributed by atoms with Crippen LogP contribution in [0.3, 0.4) is 0 Å². The number of methoxy groups -OCH3 is 1. The van der Waals surface area contributed by atoms with Gasteiger partial charge in [-0.3, -0.25) is 9.59 Å². The maximum absolute atomic E-state index is 12.3. The summed E-state index contributed by atoms with van der Waals surface area (Å²) in [6.45, 7) is 7.75. The minimum absolute atomic E-state index is 0.232. The monoisotopic (exact) mass is 329 g/mol. The summed E-state index contributed by atoms with van der Waals surface area (Å²) in [7, 11) is 1.56. The standard InChI is InChI=1S/C17H31NO5/c1-4-18(5-2)10-11-22-16(19)14-8-6-7-9-15(14)17(20)23-13-12-21-3/h14-15H,4-13H2,1-3H3. The van der Waals surface area contributed by atoms with E-state index in [0.717, 1.165) is 32.5 Å². The van der Waals surface area contributed by atoms with Crippen LogP contribution in [0.4, 0.5) is 0 Å². The van der Waals surface area contributed by atoms with Gasteiger partial charge in [0.15, 0.2) is 0 Å². The highest BCUT2D eigenvalue weighted by molar-refractivity contribution is 5.82. The lowest BCUT2D eigenvalue weighted by Crippen LogP contribution is -2.36. The Hall–Kier alpha value is -1.14. The Labute approximate surface area is 139 Å². The first-order valence-electron chi connectivity index (χ1n) is 8.68. The van der Waals surface area contributed by atoms with E-state index >= 15 is 0 Å². The van der Waals surface area contributed by atoms with Gasteiger partial charge in [0.25, 0.3) is 0 Å². The molecule has 0 saturated heterocycles. The molecule has 0 N–H and O–H groups in total. The van der Waals surface area contributed by atoms with Gasteiger partial charge in [0.1, 0.15) is 13.2 Å². The van der Waals surface area contributed by atoms with Crippen LogP contribution in [0, 0.1) is 11.8 Å². The van der Waals surface area contributed by atoms with Gasteiger partial charge in [0, 0.05) is 13.7 Å². The van der Waals surface area contributed by atoms with Gasteiger partial charge in [-0.25, -0.2) is 0 Å². The third-order valence-corrected chi connectivity index (χ3v) is 4.45. The van der Waals surface area contributed by atoms with Crippen molar-refractivity contribution in [1.29, 1.82) is 0 Å². The molecule has 0 amide bonds. The SMILES string of the molecule is CCN(CC)CCOC(=O)C1CCCCC1C(=O)OCCOC. The Morgan fingerprint density at radius 1 is 0.913 bits per heavy atom. The van der Waals surface area contributed by atoms with Gasteiger partial charge in [0.05, 0.1) is 18.4 Å². The molecule has 1 aliphatic carbocycles. The zero-order valence-electron chi connectivity index (χ0n) is 14.7. The van der Waals surface area contributed by atoms with E-state index in [2.05, 4.69) is 18.7 Å². The predicted octanol–water partition coefficient (Wildman–Crippen LogP) is 1.87. The van der Waals surface area contributed by atoms with E-state index in [9.17, 15) is 9.59 Å². The second-order valence-electron chi connectivity index (χ2n) is 5.85. The number of rotatable bonds is 10. The average molecular weight is 329 g/mol. The van der Waals surface area contributed by atoms with E-state index in [1.54, 1.807) is 7.11 Å². The van der Waals surface area contributed by atoms with Crippen LogP contribution in [0.1, 0.15) is 39.5 Å². The summed E-state index contributed by atoms with van der Waals surface area (Å²) < 4.78 is 15.5. The Kier molecular flexibility index (Phi) is 9.87. The van der Waals surface area contributed by atoms with Crippen LogP contribution in [0.15, 0.2) is 0 Å². The number of hydrogen-bond donors (Lipinski definition) is 0. The Morgan fingerprint density at radius 2 is 1.43 bits per heavy atom. The lowest BCUT2D eigenvalue weighted by Gasteiger charge is -2.28. The second kappa shape index (κ2) is 11.4. The highest BCUT2D eigenvalue weighted by Gasteiger charge is 2.37. The quantitative estimate of drug-likeness (QED) is 0.450. The molecule has 2 unspecified atom stereocenters.